The zero-order valence-corrected chi connectivity index (χ0v) is 10.8. The molecule has 0 unspecified atom stereocenters. The number of benzene rings is 2. The molecule has 86 valence electrons. The first-order valence-corrected chi connectivity index (χ1v) is 5.97. The second-order valence-electron chi connectivity index (χ2n) is 3.75. The van der Waals surface area contributed by atoms with Crippen LogP contribution < -0.4 is 0 Å². The Morgan fingerprint density at radius 2 is 1.53 bits per heavy atom. The van der Waals surface area contributed by atoms with Crippen molar-refractivity contribution in [1.82, 2.24) is 0 Å². The Kier molecular flexibility index (Phi) is 3.82. The van der Waals surface area contributed by atoms with E-state index in [9.17, 15) is 0 Å². The summed E-state index contributed by atoms with van der Waals surface area (Å²) in [7, 11) is 0. The molecule has 0 N–H and O–H groups in total. The van der Waals surface area contributed by atoms with Gasteiger partial charge in [-0.05, 0) is 31.2 Å². The zero-order valence-electron chi connectivity index (χ0n) is 9.32. The van der Waals surface area contributed by atoms with Gasteiger partial charge >= 0.3 is 0 Å². The predicted octanol–water partition coefficient (Wildman–Crippen LogP) is 4.97. The molecule has 0 heterocycles. The molecule has 0 aliphatic carbocycles. The molecule has 17 heavy (non-hydrogen) atoms. The molecule has 0 saturated carbocycles. The molecule has 0 aromatic heterocycles. The molecular weight excluding hydrogens is 253 g/mol. The van der Waals surface area contributed by atoms with Gasteiger partial charge in [0.05, 0.1) is 5.69 Å². The van der Waals surface area contributed by atoms with Gasteiger partial charge in [0.25, 0.3) is 0 Å². The van der Waals surface area contributed by atoms with Crippen LogP contribution in [0.3, 0.4) is 0 Å². The first-order valence-electron chi connectivity index (χ1n) is 5.22. The van der Waals surface area contributed by atoms with Crippen LogP contribution in [0.2, 0.25) is 5.02 Å². The van der Waals surface area contributed by atoms with Gasteiger partial charge in [-0.25, -0.2) is 4.99 Å². The number of rotatable bonds is 2. The number of nitrogens with zero attached hydrogens (tertiary/aromatic N) is 1. The summed E-state index contributed by atoms with van der Waals surface area (Å²) < 4.78 is 0. The molecule has 2 aromatic carbocycles. The summed E-state index contributed by atoms with van der Waals surface area (Å²) in [5.74, 6) is 0. The average Bonchev–Trinajstić information content (AvgIpc) is 2.33. The molecule has 0 atom stereocenters. The van der Waals surface area contributed by atoms with Gasteiger partial charge in [-0.2, -0.15) is 0 Å². The summed E-state index contributed by atoms with van der Waals surface area (Å²) in [6, 6.07) is 15.2. The van der Waals surface area contributed by atoms with Gasteiger partial charge in [-0.15, -0.1) is 0 Å². The largest absolute Gasteiger partial charge is 0.236 e. The lowest BCUT2D eigenvalue weighted by Crippen LogP contribution is -1.90. The molecule has 1 nitrogen and oxygen atoms in total. The van der Waals surface area contributed by atoms with Crippen LogP contribution in [0.1, 0.15) is 11.1 Å². The van der Waals surface area contributed by atoms with Crippen molar-refractivity contribution in [2.75, 3.05) is 0 Å². The molecule has 0 aliphatic heterocycles. The third-order valence-electron chi connectivity index (χ3n) is 2.34. The molecular formula is C14H11Cl2N. The number of aliphatic imine (C=N–C) groups is 1. The highest BCUT2D eigenvalue weighted by atomic mass is 35.5. The Hall–Kier alpha value is -1.31. The first kappa shape index (κ1) is 12.2. The fourth-order valence-corrected chi connectivity index (χ4v) is 1.73. The van der Waals surface area contributed by atoms with Gasteiger partial charge in [0, 0.05) is 10.6 Å². The highest BCUT2D eigenvalue weighted by molar-refractivity contribution is 6.69. The van der Waals surface area contributed by atoms with Crippen molar-refractivity contribution in [1.29, 1.82) is 0 Å². The molecule has 2 rings (SSSR count). The zero-order chi connectivity index (χ0) is 12.3. The van der Waals surface area contributed by atoms with E-state index < -0.39 is 0 Å². The molecule has 0 spiro atoms. The SMILES string of the molecule is Cc1ccc(C(Cl)=Nc2ccc(Cl)cc2)cc1. The molecule has 0 aliphatic rings. The second-order valence-corrected chi connectivity index (χ2v) is 4.54. The van der Waals surface area contributed by atoms with Crippen molar-refractivity contribution < 1.29 is 0 Å². The molecule has 0 fully saturated rings. The van der Waals surface area contributed by atoms with Gasteiger partial charge in [0.2, 0.25) is 0 Å². The van der Waals surface area contributed by atoms with E-state index in [-0.39, 0.29) is 0 Å². The summed E-state index contributed by atoms with van der Waals surface area (Å²) >= 11 is 12.0. The van der Waals surface area contributed by atoms with Crippen LogP contribution in [0.4, 0.5) is 5.69 Å². The summed E-state index contributed by atoms with van der Waals surface area (Å²) in [4.78, 5) is 4.32. The quantitative estimate of drug-likeness (QED) is 0.679. The number of halogens is 2. The molecule has 0 bridgehead atoms. The van der Waals surface area contributed by atoms with E-state index in [1.54, 1.807) is 12.1 Å². The van der Waals surface area contributed by atoms with Gasteiger partial charge in [-0.1, -0.05) is 53.0 Å². The topological polar surface area (TPSA) is 12.4 Å². The summed E-state index contributed by atoms with van der Waals surface area (Å²) in [5.41, 5.74) is 2.90. The Labute approximate surface area is 111 Å². The van der Waals surface area contributed by atoms with E-state index in [1.165, 1.54) is 5.56 Å². The van der Waals surface area contributed by atoms with Crippen molar-refractivity contribution in [3.05, 3.63) is 64.7 Å². The predicted molar refractivity (Wildman–Crippen MR) is 74.7 cm³/mol. The molecule has 0 saturated heterocycles. The van der Waals surface area contributed by atoms with Crippen molar-refractivity contribution in [2.45, 2.75) is 6.92 Å². The summed E-state index contributed by atoms with van der Waals surface area (Å²) in [5, 5.41) is 1.17. The van der Waals surface area contributed by atoms with Gasteiger partial charge in [0.1, 0.15) is 5.17 Å². The van der Waals surface area contributed by atoms with Gasteiger partial charge in [0.15, 0.2) is 0 Å². The van der Waals surface area contributed by atoms with Crippen LogP contribution >= 0.6 is 23.2 Å². The van der Waals surface area contributed by atoms with Crippen molar-refractivity contribution in [2.24, 2.45) is 4.99 Å². The summed E-state index contributed by atoms with van der Waals surface area (Å²) in [6.07, 6.45) is 0. The van der Waals surface area contributed by atoms with Gasteiger partial charge in [-0.3, -0.25) is 0 Å². The maximum absolute atomic E-state index is 6.15. The second kappa shape index (κ2) is 5.35. The lowest BCUT2D eigenvalue weighted by atomic mass is 10.2. The Bertz CT molecular complexity index is 527. The van der Waals surface area contributed by atoms with E-state index in [0.717, 1.165) is 11.3 Å². The fraction of sp³-hybridized carbons (Fsp3) is 0.0714. The van der Waals surface area contributed by atoms with E-state index in [4.69, 9.17) is 23.2 Å². The third-order valence-corrected chi connectivity index (χ3v) is 2.90. The fourth-order valence-electron chi connectivity index (χ4n) is 1.38. The Balaban J connectivity index is 2.27. The van der Waals surface area contributed by atoms with Gasteiger partial charge < -0.3 is 0 Å². The smallest absolute Gasteiger partial charge is 0.136 e. The number of hydrogen-bond donors (Lipinski definition) is 0. The van der Waals surface area contributed by atoms with Crippen molar-refractivity contribution >= 4 is 34.1 Å². The van der Waals surface area contributed by atoms with Crippen molar-refractivity contribution in [3.8, 4) is 0 Å². The minimum Gasteiger partial charge on any atom is -0.236 e. The Morgan fingerprint density at radius 1 is 0.941 bits per heavy atom. The normalized spacial score (nSPS) is 11.6. The van der Waals surface area contributed by atoms with Crippen LogP contribution in [-0.4, -0.2) is 5.17 Å². The monoisotopic (exact) mass is 263 g/mol. The lowest BCUT2D eigenvalue weighted by Gasteiger charge is -2.00. The van der Waals surface area contributed by atoms with E-state index >= 15 is 0 Å². The standard InChI is InChI=1S/C14H11Cl2N/c1-10-2-4-11(5-3-10)14(16)17-13-8-6-12(15)7-9-13/h2-9H,1H3. The van der Waals surface area contributed by atoms with Crippen LogP contribution in [0, 0.1) is 6.92 Å². The van der Waals surface area contributed by atoms with Crippen LogP contribution in [0.25, 0.3) is 0 Å². The molecule has 3 heteroatoms. The maximum Gasteiger partial charge on any atom is 0.136 e. The number of aryl methyl sites for hydroxylation is 1. The van der Waals surface area contributed by atoms with E-state index in [0.29, 0.717) is 10.2 Å². The number of hydrogen-bond acceptors (Lipinski definition) is 1. The maximum atomic E-state index is 6.15. The highest BCUT2D eigenvalue weighted by Crippen LogP contribution is 2.19. The average molecular weight is 264 g/mol. The third kappa shape index (κ3) is 3.32. The van der Waals surface area contributed by atoms with Crippen molar-refractivity contribution in [3.63, 3.8) is 0 Å². The summed E-state index contributed by atoms with van der Waals surface area (Å²) in [6.45, 7) is 2.04. The molecule has 0 radical (unpaired) electrons. The Morgan fingerprint density at radius 3 is 2.12 bits per heavy atom. The molecule has 0 amide bonds. The van der Waals surface area contributed by atoms with Crippen LogP contribution in [0.15, 0.2) is 53.5 Å². The highest BCUT2D eigenvalue weighted by Gasteiger charge is 1.99. The first-order chi connectivity index (χ1) is 8.15. The minimum absolute atomic E-state index is 0.479. The van der Waals surface area contributed by atoms with E-state index in [2.05, 4.69) is 4.99 Å². The van der Waals surface area contributed by atoms with Crippen LogP contribution in [0.5, 0.6) is 0 Å². The van der Waals surface area contributed by atoms with Crippen LogP contribution in [-0.2, 0) is 0 Å². The van der Waals surface area contributed by atoms with E-state index in [1.807, 2.05) is 43.3 Å². The molecule has 2 aromatic rings. The lowest BCUT2D eigenvalue weighted by molar-refractivity contribution is 1.45. The minimum atomic E-state index is 0.479.